The van der Waals surface area contributed by atoms with Crippen LogP contribution >= 0.6 is 0 Å². The summed E-state index contributed by atoms with van der Waals surface area (Å²) in [6.45, 7) is 1.37. The number of aliphatic carboxylic acids is 1. The molecule has 0 aromatic heterocycles. The molecular weight excluding hydrogens is 617 g/mol. The maximum Gasteiger partial charge on any atom is 0.416 e. The molecule has 6 rings (SSSR count). The van der Waals surface area contributed by atoms with Crippen molar-refractivity contribution in [1.29, 1.82) is 0 Å². The van der Waals surface area contributed by atoms with Gasteiger partial charge in [0.15, 0.2) is 5.78 Å². The van der Waals surface area contributed by atoms with Crippen molar-refractivity contribution in [3.8, 4) is 17.2 Å². The summed E-state index contributed by atoms with van der Waals surface area (Å²) >= 11 is 0. The van der Waals surface area contributed by atoms with Gasteiger partial charge in [-0.3, -0.25) is 24.5 Å². The maximum atomic E-state index is 14.2. The molecule has 0 bridgehead atoms. The molecule has 2 aliphatic rings. The van der Waals surface area contributed by atoms with Crippen LogP contribution in [0.5, 0.6) is 17.2 Å². The van der Waals surface area contributed by atoms with Crippen LogP contribution < -0.4 is 15.0 Å². The van der Waals surface area contributed by atoms with E-state index in [1.165, 1.54) is 79.7 Å². The van der Waals surface area contributed by atoms with E-state index in [4.69, 9.17) is 4.74 Å². The van der Waals surface area contributed by atoms with Crippen molar-refractivity contribution < 1.29 is 47.3 Å². The van der Waals surface area contributed by atoms with Crippen LogP contribution in [0.2, 0.25) is 0 Å². The Hall–Kier alpha value is -5.49. The number of alkyl halides is 3. The predicted octanol–water partition coefficient (Wildman–Crippen LogP) is 5.92. The van der Waals surface area contributed by atoms with E-state index in [1.54, 1.807) is 12.1 Å². The quantitative estimate of drug-likeness (QED) is 0.159. The number of nitrogens with one attached hydrogen (secondary N) is 1. The molecule has 4 aromatic rings. The van der Waals surface area contributed by atoms with Crippen molar-refractivity contribution in [2.45, 2.75) is 31.1 Å². The Morgan fingerprint density at radius 3 is 2.15 bits per heavy atom. The summed E-state index contributed by atoms with van der Waals surface area (Å²) in [6.07, 6.45) is -4.81. The summed E-state index contributed by atoms with van der Waals surface area (Å²) in [5, 5.41) is 23.6. The van der Waals surface area contributed by atoms with E-state index in [1.807, 2.05) is 0 Å². The second-order valence-corrected chi connectivity index (χ2v) is 11.6. The van der Waals surface area contributed by atoms with Crippen LogP contribution in [0.25, 0.3) is 0 Å². The van der Waals surface area contributed by atoms with Crippen LogP contribution in [0.4, 0.5) is 18.9 Å². The number of fused-ring (bicyclic) bond motifs is 1. The standard InChI is InChI=1S/C35H27F3N2O7/c1-19(41)21-10-12-24(13-11-21)40-31(43)28-29(32(40)44)34(33(45)46,18-20-8-14-25(42)15-9-20)39-30(28)22-4-2-6-26(16-22)47-27-7-3-5-23(17-27)35(36,37)38/h2-17,28-30,39,42H,18H2,1H3,(H,45,46). The highest BCUT2D eigenvalue weighted by Crippen LogP contribution is 2.51. The monoisotopic (exact) mass is 644 g/mol. The third-order valence-corrected chi connectivity index (χ3v) is 8.60. The van der Waals surface area contributed by atoms with E-state index in [9.17, 15) is 42.6 Å². The molecule has 2 fully saturated rings. The first-order valence-corrected chi connectivity index (χ1v) is 14.5. The molecule has 3 N–H and O–H groups in total. The SMILES string of the molecule is CC(=O)c1ccc(N2C(=O)C3C(c4cccc(Oc5cccc(C(F)(F)F)c5)c4)NC(Cc4ccc(O)cc4)(C(=O)O)C3C2=O)cc1. The lowest BCUT2D eigenvalue weighted by atomic mass is 9.76. The highest BCUT2D eigenvalue weighted by Gasteiger charge is 2.68. The van der Waals surface area contributed by atoms with Gasteiger partial charge in [-0.05, 0) is 84.8 Å². The number of ether oxygens (including phenoxy) is 1. The van der Waals surface area contributed by atoms with E-state index in [0.29, 0.717) is 16.7 Å². The van der Waals surface area contributed by atoms with Gasteiger partial charge in [0.25, 0.3) is 0 Å². The van der Waals surface area contributed by atoms with Gasteiger partial charge in [-0.15, -0.1) is 0 Å². The molecule has 0 radical (unpaired) electrons. The zero-order chi connectivity index (χ0) is 33.7. The van der Waals surface area contributed by atoms with Crippen molar-refractivity contribution >= 4 is 29.3 Å². The molecule has 2 heterocycles. The van der Waals surface area contributed by atoms with Crippen molar-refractivity contribution in [3.63, 3.8) is 0 Å². The summed E-state index contributed by atoms with van der Waals surface area (Å²) in [5.74, 6) is -5.60. The number of Topliss-reactive ketones (excluding diaryl/α,β-unsaturated/α-hetero) is 1. The number of phenols is 1. The summed E-state index contributed by atoms with van der Waals surface area (Å²) in [7, 11) is 0. The van der Waals surface area contributed by atoms with Gasteiger partial charge in [0.1, 0.15) is 22.8 Å². The lowest BCUT2D eigenvalue weighted by Crippen LogP contribution is -2.57. The first kappa shape index (κ1) is 31.5. The average Bonchev–Trinajstić information content (AvgIpc) is 3.51. The summed E-state index contributed by atoms with van der Waals surface area (Å²) in [5.41, 5.74) is -1.51. The van der Waals surface area contributed by atoms with Gasteiger partial charge in [-0.25, -0.2) is 4.90 Å². The first-order valence-electron chi connectivity index (χ1n) is 14.5. The molecule has 2 aliphatic heterocycles. The number of carboxylic acid groups (broad SMARTS) is 1. The average molecular weight is 645 g/mol. The lowest BCUT2D eigenvalue weighted by Gasteiger charge is -2.31. The van der Waals surface area contributed by atoms with Crippen LogP contribution in [0.1, 0.15) is 40.0 Å². The fourth-order valence-electron chi connectivity index (χ4n) is 6.40. The number of aromatic hydroxyl groups is 1. The number of phenolic OH excluding ortho intramolecular Hbond substituents is 1. The smallest absolute Gasteiger partial charge is 0.416 e. The molecule has 4 aromatic carbocycles. The molecule has 240 valence electrons. The number of anilines is 1. The number of nitrogens with zero attached hydrogens (tertiary/aromatic N) is 1. The molecule has 47 heavy (non-hydrogen) atoms. The van der Waals surface area contributed by atoms with Crippen molar-refractivity contribution in [2.75, 3.05) is 4.90 Å². The Morgan fingerprint density at radius 2 is 1.53 bits per heavy atom. The van der Waals surface area contributed by atoms with Gasteiger partial charge >= 0.3 is 12.1 Å². The number of rotatable bonds is 8. The largest absolute Gasteiger partial charge is 0.508 e. The molecule has 2 amide bonds. The Bertz CT molecular complexity index is 1890. The minimum atomic E-state index is -4.59. The zero-order valence-corrected chi connectivity index (χ0v) is 24.7. The number of imide groups is 1. The molecule has 9 nitrogen and oxygen atoms in total. The molecule has 0 saturated carbocycles. The summed E-state index contributed by atoms with van der Waals surface area (Å²) in [4.78, 5) is 54.3. The first-order chi connectivity index (χ1) is 22.3. The lowest BCUT2D eigenvalue weighted by molar-refractivity contribution is -0.148. The van der Waals surface area contributed by atoms with Crippen LogP contribution in [-0.2, 0) is 27.0 Å². The number of carboxylic acids is 1. The molecule has 0 aliphatic carbocycles. The molecular formula is C35H27F3N2O7. The number of halogens is 3. The minimum Gasteiger partial charge on any atom is -0.508 e. The number of carbonyl (C=O) groups excluding carboxylic acids is 3. The van der Waals surface area contributed by atoms with E-state index in [-0.39, 0.29) is 35.1 Å². The zero-order valence-electron chi connectivity index (χ0n) is 24.7. The van der Waals surface area contributed by atoms with Crippen molar-refractivity contribution in [2.24, 2.45) is 11.8 Å². The van der Waals surface area contributed by atoms with Gasteiger partial charge in [-0.2, -0.15) is 13.2 Å². The Labute approximate surface area is 266 Å². The molecule has 2 saturated heterocycles. The molecule has 12 heteroatoms. The van der Waals surface area contributed by atoms with Gasteiger partial charge in [0.05, 0.1) is 23.1 Å². The number of benzene rings is 4. The van der Waals surface area contributed by atoms with Gasteiger partial charge < -0.3 is 14.9 Å². The van der Waals surface area contributed by atoms with Crippen LogP contribution in [0.15, 0.2) is 97.1 Å². The Kier molecular flexibility index (Phi) is 7.84. The van der Waals surface area contributed by atoms with E-state index >= 15 is 0 Å². The predicted molar refractivity (Wildman–Crippen MR) is 162 cm³/mol. The second-order valence-electron chi connectivity index (χ2n) is 11.6. The van der Waals surface area contributed by atoms with Gasteiger partial charge in [0, 0.05) is 18.0 Å². The minimum absolute atomic E-state index is 0.0434. The van der Waals surface area contributed by atoms with Crippen LogP contribution in [0.3, 0.4) is 0 Å². The number of hydrogen-bond acceptors (Lipinski definition) is 7. The third kappa shape index (κ3) is 5.72. The number of carbonyl (C=O) groups is 4. The van der Waals surface area contributed by atoms with Crippen molar-refractivity contribution in [3.05, 3.63) is 119 Å². The number of ketones is 1. The van der Waals surface area contributed by atoms with Gasteiger partial charge in [-0.1, -0.05) is 30.3 Å². The molecule has 4 unspecified atom stereocenters. The Morgan fingerprint density at radius 1 is 0.894 bits per heavy atom. The van der Waals surface area contributed by atoms with E-state index in [0.717, 1.165) is 17.0 Å². The van der Waals surface area contributed by atoms with E-state index < -0.39 is 52.9 Å². The van der Waals surface area contributed by atoms with Crippen LogP contribution in [-0.4, -0.2) is 39.3 Å². The second kappa shape index (κ2) is 11.7. The summed E-state index contributed by atoms with van der Waals surface area (Å²) < 4.78 is 45.6. The topological polar surface area (TPSA) is 133 Å². The third-order valence-electron chi connectivity index (χ3n) is 8.60. The summed E-state index contributed by atoms with van der Waals surface area (Å²) in [6, 6.07) is 21.1. The fourth-order valence-corrected chi connectivity index (χ4v) is 6.40. The highest BCUT2D eigenvalue weighted by molar-refractivity contribution is 6.24. The van der Waals surface area contributed by atoms with Crippen molar-refractivity contribution in [1.82, 2.24) is 5.32 Å². The highest BCUT2D eigenvalue weighted by atomic mass is 19.4. The normalized spacial score (nSPS) is 22.3. The number of amides is 2. The Balaban J connectivity index is 1.42. The molecule has 0 spiro atoms. The fraction of sp³-hybridized carbons (Fsp3) is 0.200. The van der Waals surface area contributed by atoms with E-state index in [2.05, 4.69) is 5.32 Å². The molecule has 4 atom stereocenters. The maximum absolute atomic E-state index is 14.2. The number of hydrogen-bond donors (Lipinski definition) is 3. The van der Waals surface area contributed by atoms with Crippen LogP contribution in [0, 0.1) is 11.8 Å². The van der Waals surface area contributed by atoms with Gasteiger partial charge in [0.2, 0.25) is 11.8 Å².